The lowest BCUT2D eigenvalue weighted by molar-refractivity contribution is -0.130. The van der Waals surface area contributed by atoms with Crippen molar-refractivity contribution >= 4 is 22.7 Å². The maximum Gasteiger partial charge on any atom is 0.266 e. The predicted octanol–water partition coefficient (Wildman–Crippen LogP) is 2.30. The van der Waals surface area contributed by atoms with Crippen LogP contribution in [0, 0.1) is 0 Å². The molecule has 1 aliphatic heterocycles. The molecule has 7 nitrogen and oxygen atoms in total. The summed E-state index contributed by atoms with van der Waals surface area (Å²) in [7, 11) is 0. The third-order valence-corrected chi connectivity index (χ3v) is 4.72. The van der Waals surface area contributed by atoms with Gasteiger partial charge < -0.3 is 9.32 Å². The minimum Gasteiger partial charge on any atom is -0.463 e. The van der Waals surface area contributed by atoms with E-state index in [9.17, 15) is 9.59 Å². The molecule has 138 valence electrons. The second-order valence-electron chi connectivity index (χ2n) is 6.48. The molecule has 0 aliphatic carbocycles. The summed E-state index contributed by atoms with van der Waals surface area (Å²) in [4.78, 5) is 30.8. The summed E-state index contributed by atoms with van der Waals surface area (Å²) >= 11 is 0. The third kappa shape index (κ3) is 3.54. The molecular weight excluding hydrogens is 344 g/mol. The fraction of sp³-hybridized carbons (Fsp3) is 0.250. The van der Waals surface area contributed by atoms with Gasteiger partial charge in [-0.1, -0.05) is 18.2 Å². The lowest BCUT2D eigenvalue weighted by atomic mass is 10.1. The van der Waals surface area contributed by atoms with Crippen LogP contribution in [0.2, 0.25) is 0 Å². The zero-order valence-electron chi connectivity index (χ0n) is 15.0. The minimum absolute atomic E-state index is 0.0594. The number of aromatic nitrogens is 1. The van der Waals surface area contributed by atoms with Gasteiger partial charge in [-0.2, -0.15) is 0 Å². The number of amides is 2. The second-order valence-corrected chi connectivity index (χ2v) is 6.48. The Balaban J connectivity index is 1.60. The Bertz CT molecular complexity index is 976. The maximum atomic E-state index is 13.0. The molecule has 3 aromatic rings. The Hall–Kier alpha value is -3.19. The summed E-state index contributed by atoms with van der Waals surface area (Å²) < 4.78 is 5.45. The van der Waals surface area contributed by atoms with Crippen molar-refractivity contribution in [2.75, 3.05) is 26.2 Å². The monoisotopic (exact) mass is 364 g/mol. The minimum atomic E-state index is -0.197. The van der Waals surface area contributed by atoms with E-state index in [1.807, 2.05) is 35.3 Å². The molecular formula is C20H20N4O3. The fourth-order valence-corrected chi connectivity index (χ4v) is 3.25. The van der Waals surface area contributed by atoms with Gasteiger partial charge in [0, 0.05) is 38.5 Å². The summed E-state index contributed by atoms with van der Waals surface area (Å²) in [6.07, 6.45) is 1.58. The van der Waals surface area contributed by atoms with E-state index in [1.54, 1.807) is 30.2 Å². The highest BCUT2D eigenvalue weighted by atomic mass is 16.3. The number of hydrazine groups is 1. The van der Waals surface area contributed by atoms with Crippen LogP contribution in [-0.2, 0) is 4.79 Å². The summed E-state index contributed by atoms with van der Waals surface area (Å²) in [5.74, 6) is 0.478. The molecule has 0 atom stereocenters. The highest BCUT2D eigenvalue weighted by molar-refractivity contribution is 6.06. The number of nitrogens with one attached hydrogen (secondary N) is 1. The predicted molar refractivity (Wildman–Crippen MR) is 101 cm³/mol. The van der Waals surface area contributed by atoms with E-state index in [0.29, 0.717) is 43.2 Å². The lowest BCUT2D eigenvalue weighted by Crippen LogP contribution is -2.54. The number of pyridine rings is 1. The van der Waals surface area contributed by atoms with E-state index in [2.05, 4.69) is 10.4 Å². The molecule has 0 unspecified atom stereocenters. The van der Waals surface area contributed by atoms with Crippen molar-refractivity contribution < 1.29 is 14.0 Å². The van der Waals surface area contributed by atoms with Gasteiger partial charge in [0.05, 0.1) is 17.3 Å². The SMILES string of the molecule is CC(=O)N1CCN(NC(=O)c2cc(-c3ccco3)nc3ccccc23)CC1. The number of piperazine rings is 1. The van der Waals surface area contributed by atoms with E-state index < -0.39 is 0 Å². The molecule has 1 fully saturated rings. The Morgan fingerprint density at radius 3 is 2.56 bits per heavy atom. The fourth-order valence-electron chi connectivity index (χ4n) is 3.25. The molecule has 4 rings (SSSR count). The normalized spacial score (nSPS) is 15.1. The van der Waals surface area contributed by atoms with Crippen LogP contribution in [0.25, 0.3) is 22.4 Å². The van der Waals surface area contributed by atoms with Gasteiger partial charge in [-0.15, -0.1) is 0 Å². The van der Waals surface area contributed by atoms with E-state index in [-0.39, 0.29) is 11.8 Å². The van der Waals surface area contributed by atoms with Crippen molar-refractivity contribution in [1.29, 1.82) is 0 Å². The molecule has 0 bridgehead atoms. The maximum absolute atomic E-state index is 13.0. The number of furan rings is 1. The van der Waals surface area contributed by atoms with Gasteiger partial charge in [0.1, 0.15) is 5.69 Å². The van der Waals surface area contributed by atoms with Gasteiger partial charge in [-0.05, 0) is 24.3 Å². The zero-order valence-corrected chi connectivity index (χ0v) is 15.0. The molecule has 2 amide bonds. The Labute approximate surface area is 156 Å². The highest BCUT2D eigenvalue weighted by Gasteiger charge is 2.22. The first kappa shape index (κ1) is 17.2. The number of hydrogen-bond donors (Lipinski definition) is 1. The van der Waals surface area contributed by atoms with Crippen molar-refractivity contribution in [2.45, 2.75) is 6.92 Å². The molecule has 1 saturated heterocycles. The highest BCUT2D eigenvalue weighted by Crippen LogP contribution is 2.25. The summed E-state index contributed by atoms with van der Waals surface area (Å²) in [6, 6.07) is 12.9. The van der Waals surface area contributed by atoms with Crippen LogP contribution < -0.4 is 5.43 Å². The van der Waals surface area contributed by atoms with Crippen molar-refractivity contribution in [3.8, 4) is 11.5 Å². The topological polar surface area (TPSA) is 78.7 Å². The summed E-state index contributed by atoms with van der Waals surface area (Å²) in [5, 5.41) is 2.64. The molecule has 1 N–H and O–H groups in total. The third-order valence-electron chi connectivity index (χ3n) is 4.72. The van der Waals surface area contributed by atoms with Crippen molar-refractivity contribution in [2.24, 2.45) is 0 Å². The molecule has 0 spiro atoms. The molecule has 3 heterocycles. The molecule has 1 aliphatic rings. The van der Waals surface area contributed by atoms with Crippen molar-refractivity contribution in [1.82, 2.24) is 20.3 Å². The van der Waals surface area contributed by atoms with Crippen molar-refractivity contribution in [3.05, 3.63) is 54.3 Å². The van der Waals surface area contributed by atoms with Gasteiger partial charge >= 0.3 is 0 Å². The smallest absolute Gasteiger partial charge is 0.266 e. The number of fused-ring (bicyclic) bond motifs is 1. The van der Waals surface area contributed by atoms with E-state index in [1.165, 1.54) is 0 Å². The molecule has 0 saturated carbocycles. The number of hydrogen-bond acceptors (Lipinski definition) is 5. The molecule has 0 radical (unpaired) electrons. The van der Waals surface area contributed by atoms with Gasteiger partial charge in [-0.25, -0.2) is 9.99 Å². The summed E-state index contributed by atoms with van der Waals surface area (Å²) in [6.45, 7) is 3.96. The quantitative estimate of drug-likeness (QED) is 0.772. The molecule has 1 aromatic carbocycles. The Kier molecular flexibility index (Phi) is 4.60. The lowest BCUT2D eigenvalue weighted by Gasteiger charge is -2.34. The number of benzene rings is 1. The van der Waals surface area contributed by atoms with Gasteiger partial charge in [0.2, 0.25) is 5.91 Å². The van der Waals surface area contributed by atoms with Gasteiger partial charge in [0.25, 0.3) is 5.91 Å². The van der Waals surface area contributed by atoms with Crippen molar-refractivity contribution in [3.63, 3.8) is 0 Å². The van der Waals surface area contributed by atoms with Crippen LogP contribution in [0.3, 0.4) is 0 Å². The molecule has 2 aromatic heterocycles. The average Bonchev–Trinajstić information content (AvgIpc) is 3.22. The van der Waals surface area contributed by atoms with E-state index in [0.717, 1.165) is 10.9 Å². The molecule has 27 heavy (non-hydrogen) atoms. The van der Waals surface area contributed by atoms with E-state index >= 15 is 0 Å². The van der Waals surface area contributed by atoms with Crippen LogP contribution in [-0.4, -0.2) is 52.9 Å². The van der Waals surface area contributed by atoms with E-state index in [4.69, 9.17) is 4.42 Å². The van der Waals surface area contributed by atoms with Crippen LogP contribution in [0.4, 0.5) is 0 Å². The zero-order chi connectivity index (χ0) is 18.8. The first-order chi connectivity index (χ1) is 13.1. The number of carbonyl (C=O) groups excluding carboxylic acids is 2. The number of nitrogens with zero attached hydrogens (tertiary/aromatic N) is 3. The van der Waals surface area contributed by atoms with Crippen LogP contribution in [0.15, 0.2) is 53.1 Å². The Morgan fingerprint density at radius 2 is 1.85 bits per heavy atom. The average molecular weight is 364 g/mol. The van der Waals surface area contributed by atoms with Crippen LogP contribution in [0.5, 0.6) is 0 Å². The van der Waals surface area contributed by atoms with Gasteiger partial charge in [-0.3, -0.25) is 15.0 Å². The standard InChI is InChI=1S/C20H20N4O3/c1-14(25)23-8-10-24(11-9-23)22-20(26)16-13-18(19-7-4-12-27-19)21-17-6-3-2-5-15(16)17/h2-7,12-13H,8-11H2,1H3,(H,22,26). The Morgan fingerprint density at radius 1 is 1.07 bits per heavy atom. The number of rotatable bonds is 3. The van der Waals surface area contributed by atoms with Crippen LogP contribution in [0.1, 0.15) is 17.3 Å². The number of para-hydroxylation sites is 1. The summed E-state index contributed by atoms with van der Waals surface area (Å²) in [5.41, 5.74) is 4.85. The first-order valence-corrected chi connectivity index (χ1v) is 8.87. The van der Waals surface area contributed by atoms with Gasteiger partial charge in [0.15, 0.2) is 5.76 Å². The second kappa shape index (κ2) is 7.20. The largest absolute Gasteiger partial charge is 0.463 e. The first-order valence-electron chi connectivity index (χ1n) is 8.87. The molecule has 7 heteroatoms. The van der Waals surface area contributed by atoms with Crippen LogP contribution >= 0.6 is 0 Å². The number of carbonyl (C=O) groups is 2.